The zero-order chi connectivity index (χ0) is 16.3. The van der Waals surface area contributed by atoms with Crippen molar-refractivity contribution >= 4 is 5.82 Å². The van der Waals surface area contributed by atoms with E-state index in [1.54, 1.807) is 16.6 Å². The third kappa shape index (κ3) is 3.11. The van der Waals surface area contributed by atoms with Crippen molar-refractivity contribution in [3.63, 3.8) is 0 Å². The standard InChI is InChI=1S/C13H21N5O4/c1-4-16-11(8-9(2)14-16)17-10(3)12(18(20)21)13(15-17)22-7-5-6-19/h8,13,15,19H,4-7H2,1-3H3. The van der Waals surface area contributed by atoms with Gasteiger partial charge in [0.2, 0.25) is 6.23 Å². The molecule has 0 saturated carbocycles. The maximum atomic E-state index is 11.3. The Morgan fingerprint density at radius 1 is 1.55 bits per heavy atom. The molecule has 1 aliphatic rings. The van der Waals surface area contributed by atoms with Crippen LogP contribution in [0.5, 0.6) is 0 Å². The van der Waals surface area contributed by atoms with Crippen molar-refractivity contribution in [2.24, 2.45) is 0 Å². The second-order valence-corrected chi connectivity index (χ2v) is 4.98. The molecule has 22 heavy (non-hydrogen) atoms. The van der Waals surface area contributed by atoms with Crippen molar-refractivity contribution in [1.29, 1.82) is 0 Å². The van der Waals surface area contributed by atoms with Gasteiger partial charge in [-0.25, -0.2) is 4.68 Å². The molecule has 1 aromatic heterocycles. The second-order valence-electron chi connectivity index (χ2n) is 4.98. The first-order chi connectivity index (χ1) is 10.5. The van der Waals surface area contributed by atoms with Gasteiger partial charge >= 0.3 is 5.70 Å². The van der Waals surface area contributed by atoms with E-state index in [9.17, 15) is 10.1 Å². The zero-order valence-corrected chi connectivity index (χ0v) is 12.9. The monoisotopic (exact) mass is 311 g/mol. The molecule has 0 saturated heterocycles. The Bertz CT molecular complexity index is 583. The summed E-state index contributed by atoms with van der Waals surface area (Å²) in [5, 5.41) is 26.1. The first kappa shape index (κ1) is 16.4. The number of nitrogens with one attached hydrogen (secondary N) is 1. The third-order valence-corrected chi connectivity index (χ3v) is 3.39. The summed E-state index contributed by atoms with van der Waals surface area (Å²) in [5.41, 5.74) is 4.26. The lowest BCUT2D eigenvalue weighted by atomic mass is 10.3. The van der Waals surface area contributed by atoms with Crippen LogP contribution in [0.25, 0.3) is 0 Å². The lowest BCUT2D eigenvalue weighted by Gasteiger charge is -2.21. The quantitative estimate of drug-likeness (QED) is 0.435. The summed E-state index contributed by atoms with van der Waals surface area (Å²) in [6.45, 7) is 6.36. The Kier molecular flexibility index (Phi) is 5.11. The molecule has 0 aliphatic carbocycles. The van der Waals surface area contributed by atoms with Gasteiger partial charge in [0, 0.05) is 19.2 Å². The highest BCUT2D eigenvalue weighted by Crippen LogP contribution is 2.28. The number of rotatable bonds is 7. The van der Waals surface area contributed by atoms with Crippen LogP contribution in [0.4, 0.5) is 5.82 Å². The Hall–Kier alpha value is -1.97. The highest BCUT2D eigenvalue weighted by molar-refractivity contribution is 5.49. The third-order valence-electron chi connectivity index (χ3n) is 3.39. The summed E-state index contributed by atoms with van der Waals surface area (Å²) in [4.78, 5) is 10.9. The summed E-state index contributed by atoms with van der Waals surface area (Å²) in [5.74, 6) is 0.727. The predicted molar refractivity (Wildman–Crippen MR) is 79.4 cm³/mol. The molecule has 2 N–H and O–H groups in total. The maximum absolute atomic E-state index is 11.3. The average Bonchev–Trinajstić information content (AvgIpc) is 2.99. The zero-order valence-electron chi connectivity index (χ0n) is 12.9. The molecular weight excluding hydrogens is 290 g/mol. The molecule has 1 aromatic rings. The van der Waals surface area contributed by atoms with E-state index in [2.05, 4.69) is 10.5 Å². The van der Waals surface area contributed by atoms with Crippen molar-refractivity contribution in [2.45, 2.75) is 40.0 Å². The van der Waals surface area contributed by atoms with Gasteiger partial charge in [-0.3, -0.25) is 15.1 Å². The number of aryl methyl sites for hydroxylation is 2. The van der Waals surface area contributed by atoms with Crippen LogP contribution < -0.4 is 10.4 Å². The summed E-state index contributed by atoms with van der Waals surface area (Å²) in [7, 11) is 0. The van der Waals surface area contributed by atoms with Gasteiger partial charge in [-0.1, -0.05) is 0 Å². The van der Waals surface area contributed by atoms with Crippen molar-refractivity contribution in [2.75, 3.05) is 18.2 Å². The van der Waals surface area contributed by atoms with E-state index < -0.39 is 11.2 Å². The van der Waals surface area contributed by atoms with Crippen LogP contribution >= 0.6 is 0 Å². The average molecular weight is 311 g/mol. The van der Waals surface area contributed by atoms with Crippen molar-refractivity contribution in [3.05, 3.63) is 33.3 Å². The van der Waals surface area contributed by atoms with Crippen LogP contribution in [-0.2, 0) is 11.3 Å². The van der Waals surface area contributed by atoms with E-state index in [1.165, 1.54) is 0 Å². The molecular formula is C13H21N5O4. The smallest absolute Gasteiger partial charge is 0.311 e. The first-order valence-electron chi connectivity index (χ1n) is 7.18. The van der Waals surface area contributed by atoms with Gasteiger partial charge in [-0.15, -0.1) is 0 Å². The van der Waals surface area contributed by atoms with Gasteiger partial charge in [0.05, 0.1) is 17.2 Å². The minimum Gasteiger partial charge on any atom is -0.396 e. The molecule has 0 radical (unpaired) electrons. The number of hydrogen-bond acceptors (Lipinski definition) is 7. The second kappa shape index (κ2) is 6.86. The number of hydrogen-bond donors (Lipinski definition) is 2. The van der Waals surface area contributed by atoms with E-state index in [0.29, 0.717) is 18.7 Å². The lowest BCUT2D eigenvalue weighted by molar-refractivity contribution is -0.437. The highest BCUT2D eigenvalue weighted by atomic mass is 16.6. The van der Waals surface area contributed by atoms with Crippen molar-refractivity contribution in [1.82, 2.24) is 15.2 Å². The van der Waals surface area contributed by atoms with Crippen LogP contribution in [0, 0.1) is 17.0 Å². The molecule has 0 aromatic carbocycles. The first-order valence-corrected chi connectivity index (χ1v) is 7.18. The van der Waals surface area contributed by atoms with E-state index in [-0.39, 0.29) is 18.9 Å². The summed E-state index contributed by atoms with van der Waals surface area (Å²) >= 11 is 0. The minimum atomic E-state index is -0.845. The number of ether oxygens (including phenoxy) is 1. The van der Waals surface area contributed by atoms with E-state index in [4.69, 9.17) is 9.84 Å². The Balaban J connectivity index is 2.28. The molecule has 1 unspecified atom stereocenters. The van der Waals surface area contributed by atoms with Gasteiger partial charge in [-0.05, 0) is 27.2 Å². The van der Waals surface area contributed by atoms with Gasteiger partial charge < -0.3 is 9.84 Å². The summed E-state index contributed by atoms with van der Waals surface area (Å²) < 4.78 is 7.24. The Morgan fingerprint density at radius 2 is 2.27 bits per heavy atom. The van der Waals surface area contributed by atoms with E-state index in [1.807, 2.05) is 19.9 Å². The molecule has 9 heteroatoms. The minimum absolute atomic E-state index is 0.0191. The molecule has 122 valence electrons. The largest absolute Gasteiger partial charge is 0.396 e. The topological polar surface area (TPSA) is 106 Å². The number of allylic oxidation sites excluding steroid dienone is 1. The number of aliphatic hydroxyl groups is 1. The molecule has 0 bridgehead atoms. The van der Waals surface area contributed by atoms with Crippen LogP contribution in [-0.4, -0.2) is 39.3 Å². The molecule has 2 heterocycles. The number of hydrazine groups is 1. The SMILES string of the molecule is CCn1nc(C)cc1N1NC(OCCCO)C([N+](=O)[O-])=C1C. The lowest BCUT2D eigenvalue weighted by Crippen LogP contribution is -2.40. The fourth-order valence-electron chi connectivity index (χ4n) is 2.37. The number of nitrogens with zero attached hydrogens (tertiary/aromatic N) is 4. The molecule has 0 spiro atoms. The Morgan fingerprint density at radius 3 is 2.86 bits per heavy atom. The molecule has 1 aliphatic heterocycles. The predicted octanol–water partition coefficient (Wildman–Crippen LogP) is 0.769. The number of anilines is 1. The number of aromatic nitrogens is 2. The molecule has 0 fully saturated rings. The van der Waals surface area contributed by atoms with E-state index >= 15 is 0 Å². The van der Waals surface area contributed by atoms with Gasteiger partial charge in [0.1, 0.15) is 11.5 Å². The van der Waals surface area contributed by atoms with Gasteiger partial charge in [0.25, 0.3) is 0 Å². The Labute approximate surface area is 128 Å². The van der Waals surface area contributed by atoms with Crippen LogP contribution in [0.3, 0.4) is 0 Å². The summed E-state index contributed by atoms with van der Waals surface area (Å²) in [6.07, 6.45) is -0.420. The fourth-order valence-corrected chi connectivity index (χ4v) is 2.37. The fraction of sp³-hybridized carbons (Fsp3) is 0.615. The van der Waals surface area contributed by atoms with Crippen molar-refractivity contribution in [3.8, 4) is 0 Å². The maximum Gasteiger partial charge on any atom is 0.311 e. The van der Waals surface area contributed by atoms with E-state index in [0.717, 1.165) is 11.5 Å². The number of aliphatic hydroxyl groups excluding tert-OH is 1. The van der Waals surface area contributed by atoms with Gasteiger partial charge in [0.15, 0.2) is 0 Å². The van der Waals surface area contributed by atoms with Crippen LogP contribution in [0.1, 0.15) is 26.0 Å². The van der Waals surface area contributed by atoms with Crippen molar-refractivity contribution < 1.29 is 14.8 Å². The highest BCUT2D eigenvalue weighted by Gasteiger charge is 2.40. The normalized spacial score (nSPS) is 18.4. The van der Waals surface area contributed by atoms with Crippen LogP contribution in [0.2, 0.25) is 0 Å². The number of nitro groups is 1. The summed E-state index contributed by atoms with van der Waals surface area (Å²) in [6, 6.07) is 1.85. The molecule has 9 nitrogen and oxygen atoms in total. The molecule has 1 atom stereocenters. The molecule has 2 rings (SSSR count). The van der Waals surface area contributed by atoms with Crippen LogP contribution in [0.15, 0.2) is 17.5 Å². The van der Waals surface area contributed by atoms with Gasteiger partial charge in [-0.2, -0.15) is 10.5 Å². The molecule has 0 amide bonds.